The van der Waals surface area contributed by atoms with E-state index in [0.717, 1.165) is 44.2 Å². The zero-order chi connectivity index (χ0) is 11.8. The molecule has 3 atom stereocenters. The summed E-state index contributed by atoms with van der Waals surface area (Å²) in [5, 5.41) is 0. The van der Waals surface area contributed by atoms with Crippen LogP contribution in [0.25, 0.3) is 0 Å². The van der Waals surface area contributed by atoms with E-state index in [2.05, 4.69) is 32.6 Å². The molecule has 1 saturated carbocycles. The fourth-order valence-corrected chi connectivity index (χ4v) is 3.37. The molecule has 2 fully saturated rings. The first-order valence-electron chi connectivity index (χ1n) is 6.82. The molecular formula is C14H27NO. The van der Waals surface area contributed by atoms with Crippen molar-refractivity contribution in [2.24, 2.45) is 17.3 Å². The number of ether oxygens (including phenoxy) is 1. The van der Waals surface area contributed by atoms with Gasteiger partial charge in [0.2, 0.25) is 0 Å². The Bertz CT molecular complexity index is 233. The van der Waals surface area contributed by atoms with E-state index in [0.29, 0.717) is 5.41 Å². The average Bonchev–Trinajstić information content (AvgIpc) is 2.25. The first kappa shape index (κ1) is 12.4. The van der Waals surface area contributed by atoms with Crippen molar-refractivity contribution in [3.63, 3.8) is 0 Å². The lowest BCUT2D eigenvalue weighted by molar-refractivity contribution is -0.0366. The molecule has 16 heavy (non-hydrogen) atoms. The van der Waals surface area contributed by atoms with E-state index in [4.69, 9.17) is 4.74 Å². The maximum absolute atomic E-state index is 5.46. The Kier molecular flexibility index (Phi) is 3.60. The van der Waals surface area contributed by atoms with Gasteiger partial charge in [0.1, 0.15) is 0 Å². The Morgan fingerprint density at radius 1 is 1.12 bits per heavy atom. The first-order valence-corrected chi connectivity index (χ1v) is 6.82. The molecule has 1 heterocycles. The minimum atomic E-state index is 0.509. The Morgan fingerprint density at radius 3 is 2.38 bits per heavy atom. The molecule has 2 rings (SSSR count). The molecule has 0 amide bonds. The molecule has 0 aromatic carbocycles. The highest BCUT2D eigenvalue weighted by atomic mass is 16.5. The largest absolute Gasteiger partial charge is 0.379 e. The van der Waals surface area contributed by atoms with Gasteiger partial charge < -0.3 is 4.74 Å². The van der Waals surface area contributed by atoms with Crippen LogP contribution in [-0.4, -0.2) is 37.2 Å². The molecule has 2 nitrogen and oxygen atoms in total. The van der Waals surface area contributed by atoms with Gasteiger partial charge in [-0.05, 0) is 30.1 Å². The van der Waals surface area contributed by atoms with Crippen molar-refractivity contribution in [1.82, 2.24) is 4.90 Å². The number of hydrogen-bond donors (Lipinski definition) is 0. The molecule has 0 bridgehead atoms. The van der Waals surface area contributed by atoms with Gasteiger partial charge in [0.15, 0.2) is 0 Å². The van der Waals surface area contributed by atoms with Crippen molar-refractivity contribution in [3.8, 4) is 0 Å². The van der Waals surface area contributed by atoms with Crippen molar-refractivity contribution in [3.05, 3.63) is 0 Å². The predicted molar refractivity (Wildman–Crippen MR) is 67.5 cm³/mol. The fraction of sp³-hybridized carbons (Fsp3) is 1.00. The molecule has 0 aromatic rings. The van der Waals surface area contributed by atoms with Crippen molar-refractivity contribution in [2.75, 3.05) is 26.3 Å². The van der Waals surface area contributed by atoms with Crippen LogP contribution < -0.4 is 0 Å². The summed E-state index contributed by atoms with van der Waals surface area (Å²) in [4.78, 5) is 2.67. The maximum Gasteiger partial charge on any atom is 0.0594 e. The summed E-state index contributed by atoms with van der Waals surface area (Å²) < 4.78 is 5.46. The molecule has 0 N–H and O–H groups in total. The third kappa shape index (κ3) is 2.43. The van der Waals surface area contributed by atoms with Gasteiger partial charge in [0.25, 0.3) is 0 Å². The molecule has 1 aliphatic heterocycles. The van der Waals surface area contributed by atoms with Gasteiger partial charge in [-0.3, -0.25) is 4.90 Å². The minimum Gasteiger partial charge on any atom is -0.379 e. The molecule has 0 aromatic heterocycles. The summed E-state index contributed by atoms with van der Waals surface area (Å²) >= 11 is 0. The molecular weight excluding hydrogens is 198 g/mol. The third-order valence-electron chi connectivity index (χ3n) is 4.97. The average molecular weight is 225 g/mol. The summed E-state index contributed by atoms with van der Waals surface area (Å²) in [5.74, 6) is 1.71. The van der Waals surface area contributed by atoms with Crippen molar-refractivity contribution >= 4 is 0 Å². The summed E-state index contributed by atoms with van der Waals surface area (Å²) in [7, 11) is 0. The van der Waals surface area contributed by atoms with Crippen molar-refractivity contribution in [1.29, 1.82) is 0 Å². The molecule has 1 saturated heterocycles. The van der Waals surface area contributed by atoms with E-state index in [1.165, 1.54) is 12.8 Å². The van der Waals surface area contributed by atoms with Crippen LogP contribution >= 0.6 is 0 Å². The van der Waals surface area contributed by atoms with Crippen LogP contribution in [0.1, 0.15) is 40.5 Å². The molecule has 0 radical (unpaired) electrons. The van der Waals surface area contributed by atoms with Gasteiger partial charge in [-0.25, -0.2) is 0 Å². The summed E-state index contributed by atoms with van der Waals surface area (Å²) in [6.07, 6.45) is 2.74. The highest BCUT2D eigenvalue weighted by Crippen LogP contribution is 2.44. The van der Waals surface area contributed by atoms with E-state index in [-0.39, 0.29) is 0 Å². The molecule has 3 unspecified atom stereocenters. The van der Waals surface area contributed by atoms with Gasteiger partial charge in [0.05, 0.1) is 13.2 Å². The smallest absolute Gasteiger partial charge is 0.0594 e. The van der Waals surface area contributed by atoms with E-state index >= 15 is 0 Å². The number of nitrogens with zero attached hydrogens (tertiary/aromatic N) is 1. The lowest BCUT2D eigenvalue weighted by Crippen LogP contribution is -2.51. The number of rotatable bonds is 1. The van der Waals surface area contributed by atoms with Gasteiger partial charge in [-0.15, -0.1) is 0 Å². The molecule has 2 aliphatic rings. The Labute approximate surface area is 100 Å². The van der Waals surface area contributed by atoms with Crippen molar-refractivity contribution in [2.45, 2.75) is 46.6 Å². The first-order chi connectivity index (χ1) is 7.50. The van der Waals surface area contributed by atoms with Crippen LogP contribution in [0.4, 0.5) is 0 Å². The van der Waals surface area contributed by atoms with Crippen LogP contribution in [-0.2, 0) is 4.74 Å². The van der Waals surface area contributed by atoms with Crippen LogP contribution in [0, 0.1) is 17.3 Å². The second-order valence-corrected chi connectivity index (χ2v) is 6.52. The van der Waals surface area contributed by atoms with Crippen LogP contribution in [0.5, 0.6) is 0 Å². The Morgan fingerprint density at radius 2 is 1.75 bits per heavy atom. The van der Waals surface area contributed by atoms with Crippen molar-refractivity contribution < 1.29 is 4.74 Å². The number of morpholine rings is 1. The summed E-state index contributed by atoms with van der Waals surface area (Å²) in [6.45, 7) is 13.9. The van der Waals surface area contributed by atoms with Crippen LogP contribution in [0.3, 0.4) is 0 Å². The van der Waals surface area contributed by atoms with E-state index in [1.54, 1.807) is 0 Å². The minimum absolute atomic E-state index is 0.509. The van der Waals surface area contributed by atoms with Gasteiger partial charge in [-0.2, -0.15) is 0 Å². The number of hydrogen-bond acceptors (Lipinski definition) is 2. The van der Waals surface area contributed by atoms with Crippen LogP contribution in [0.2, 0.25) is 0 Å². The normalized spacial score (nSPS) is 40.9. The fourth-order valence-electron chi connectivity index (χ4n) is 3.37. The Balaban J connectivity index is 2.02. The van der Waals surface area contributed by atoms with E-state index in [9.17, 15) is 0 Å². The topological polar surface area (TPSA) is 12.5 Å². The van der Waals surface area contributed by atoms with Gasteiger partial charge in [-0.1, -0.05) is 27.7 Å². The molecule has 94 valence electrons. The standard InChI is InChI=1S/C14H27NO/c1-11-9-12(2)14(3,4)10-13(11)15-5-7-16-8-6-15/h11-13H,5-10H2,1-4H3. The van der Waals surface area contributed by atoms with E-state index in [1.807, 2.05) is 0 Å². The van der Waals surface area contributed by atoms with Gasteiger partial charge in [0, 0.05) is 19.1 Å². The highest BCUT2D eigenvalue weighted by Gasteiger charge is 2.40. The zero-order valence-electron chi connectivity index (χ0n) is 11.3. The molecule has 1 aliphatic carbocycles. The van der Waals surface area contributed by atoms with E-state index < -0.39 is 0 Å². The van der Waals surface area contributed by atoms with Crippen LogP contribution in [0.15, 0.2) is 0 Å². The zero-order valence-corrected chi connectivity index (χ0v) is 11.3. The maximum atomic E-state index is 5.46. The lowest BCUT2D eigenvalue weighted by atomic mass is 9.64. The summed E-state index contributed by atoms with van der Waals surface area (Å²) in [5.41, 5.74) is 0.509. The lowest BCUT2D eigenvalue weighted by Gasteiger charge is -2.49. The summed E-state index contributed by atoms with van der Waals surface area (Å²) in [6, 6.07) is 0.787. The molecule has 0 spiro atoms. The monoisotopic (exact) mass is 225 g/mol. The highest BCUT2D eigenvalue weighted by molar-refractivity contribution is 4.92. The quantitative estimate of drug-likeness (QED) is 0.680. The Hall–Kier alpha value is -0.0800. The SMILES string of the molecule is CC1CC(C)C(C)(C)CC1N1CCOCC1. The second kappa shape index (κ2) is 4.66. The second-order valence-electron chi connectivity index (χ2n) is 6.52. The van der Waals surface area contributed by atoms with Gasteiger partial charge >= 0.3 is 0 Å². The third-order valence-corrected chi connectivity index (χ3v) is 4.97. The molecule has 2 heteroatoms. The predicted octanol–water partition coefficient (Wildman–Crippen LogP) is 2.78.